The van der Waals surface area contributed by atoms with E-state index in [1.807, 2.05) is 18.2 Å². The van der Waals surface area contributed by atoms with E-state index < -0.39 is 0 Å². The summed E-state index contributed by atoms with van der Waals surface area (Å²) in [7, 11) is 3.19. The smallest absolute Gasteiger partial charge is 0.220 e. The predicted octanol–water partition coefficient (Wildman–Crippen LogP) is 1.51. The van der Waals surface area contributed by atoms with Gasteiger partial charge in [0.2, 0.25) is 5.13 Å². The molecule has 0 unspecified atom stereocenters. The summed E-state index contributed by atoms with van der Waals surface area (Å²) in [6.45, 7) is 0. The first-order chi connectivity index (χ1) is 8.28. The summed E-state index contributed by atoms with van der Waals surface area (Å²) in [4.78, 5) is 0. The van der Waals surface area contributed by atoms with E-state index in [2.05, 4.69) is 15.6 Å². The normalized spacial score (nSPS) is 10.1. The highest BCUT2D eigenvalue weighted by Crippen LogP contribution is 2.33. The molecule has 17 heavy (non-hydrogen) atoms. The third-order valence-corrected chi connectivity index (χ3v) is 3.08. The van der Waals surface area contributed by atoms with Gasteiger partial charge in [0.15, 0.2) is 11.5 Å². The second-order valence-corrected chi connectivity index (χ2v) is 4.10. The van der Waals surface area contributed by atoms with Gasteiger partial charge in [-0.15, -0.1) is 10.2 Å². The molecule has 0 radical (unpaired) electrons. The minimum atomic E-state index is 0.565. The van der Waals surface area contributed by atoms with Gasteiger partial charge in [-0.3, -0.25) is 5.43 Å². The maximum Gasteiger partial charge on any atom is 0.220 e. The minimum absolute atomic E-state index is 0.565. The van der Waals surface area contributed by atoms with Gasteiger partial charge in [-0.25, -0.2) is 5.84 Å². The zero-order chi connectivity index (χ0) is 12.3. The monoisotopic (exact) mass is 252 g/mol. The van der Waals surface area contributed by atoms with Crippen LogP contribution >= 0.6 is 11.3 Å². The molecule has 7 heteroatoms. The number of hydrogen-bond acceptors (Lipinski definition) is 7. The molecule has 0 spiro atoms. The predicted molar refractivity (Wildman–Crippen MR) is 66.3 cm³/mol. The van der Waals surface area contributed by atoms with E-state index >= 15 is 0 Å². The van der Waals surface area contributed by atoms with Crippen LogP contribution in [0.1, 0.15) is 0 Å². The van der Waals surface area contributed by atoms with Gasteiger partial charge in [0, 0.05) is 5.56 Å². The summed E-state index contributed by atoms with van der Waals surface area (Å²) in [5.74, 6) is 6.59. The van der Waals surface area contributed by atoms with E-state index in [9.17, 15) is 0 Å². The molecule has 90 valence electrons. The highest BCUT2D eigenvalue weighted by atomic mass is 32.1. The summed E-state index contributed by atoms with van der Waals surface area (Å²) in [6.07, 6.45) is 0. The Morgan fingerprint density at radius 2 is 1.94 bits per heavy atom. The lowest BCUT2D eigenvalue weighted by Gasteiger charge is -2.07. The molecule has 1 aromatic heterocycles. The molecule has 0 saturated carbocycles. The molecule has 0 fully saturated rings. The topological polar surface area (TPSA) is 82.3 Å². The molecule has 6 nitrogen and oxygen atoms in total. The van der Waals surface area contributed by atoms with Crippen molar-refractivity contribution in [2.45, 2.75) is 0 Å². The van der Waals surface area contributed by atoms with Gasteiger partial charge in [-0.2, -0.15) is 0 Å². The molecule has 0 atom stereocenters. The van der Waals surface area contributed by atoms with E-state index in [1.54, 1.807) is 14.2 Å². The van der Waals surface area contributed by atoms with Crippen LogP contribution in [-0.4, -0.2) is 24.4 Å². The second-order valence-electron chi connectivity index (χ2n) is 3.13. The van der Waals surface area contributed by atoms with Gasteiger partial charge in [-0.05, 0) is 18.2 Å². The molecular weight excluding hydrogens is 240 g/mol. The van der Waals surface area contributed by atoms with Crippen molar-refractivity contribution in [2.75, 3.05) is 19.6 Å². The van der Waals surface area contributed by atoms with Crippen molar-refractivity contribution in [3.05, 3.63) is 18.2 Å². The van der Waals surface area contributed by atoms with Crippen molar-refractivity contribution < 1.29 is 9.47 Å². The molecule has 0 aliphatic rings. The number of ether oxygens (including phenoxy) is 2. The van der Waals surface area contributed by atoms with Crippen LogP contribution in [0.3, 0.4) is 0 Å². The number of aromatic nitrogens is 2. The van der Waals surface area contributed by atoms with Crippen molar-refractivity contribution in [2.24, 2.45) is 5.84 Å². The van der Waals surface area contributed by atoms with Crippen molar-refractivity contribution in [3.63, 3.8) is 0 Å². The van der Waals surface area contributed by atoms with Crippen LogP contribution in [0.4, 0.5) is 5.13 Å². The fraction of sp³-hybridized carbons (Fsp3) is 0.200. The molecule has 0 aliphatic heterocycles. The van der Waals surface area contributed by atoms with Crippen LogP contribution in [-0.2, 0) is 0 Å². The standard InChI is InChI=1S/C10H12N4O2S/c1-15-7-4-3-6(5-8(7)16-2)9-13-14-10(12-11)17-9/h3-5H,11H2,1-2H3,(H,12,14). The van der Waals surface area contributed by atoms with Crippen molar-refractivity contribution >= 4 is 16.5 Å². The van der Waals surface area contributed by atoms with Crippen LogP contribution < -0.4 is 20.7 Å². The lowest BCUT2D eigenvalue weighted by molar-refractivity contribution is 0.355. The number of nitrogen functional groups attached to an aromatic ring is 1. The molecule has 0 amide bonds. The quantitative estimate of drug-likeness (QED) is 0.634. The Balaban J connectivity index is 2.38. The van der Waals surface area contributed by atoms with E-state index in [0.717, 1.165) is 10.6 Å². The zero-order valence-electron chi connectivity index (χ0n) is 9.43. The number of nitrogens with two attached hydrogens (primary N) is 1. The molecule has 1 heterocycles. The Bertz CT molecular complexity index is 515. The number of anilines is 1. The maximum atomic E-state index is 5.26. The van der Waals surface area contributed by atoms with Gasteiger partial charge in [0.25, 0.3) is 0 Å². The number of nitrogens with one attached hydrogen (secondary N) is 1. The molecule has 3 N–H and O–H groups in total. The molecule has 0 bridgehead atoms. The van der Waals surface area contributed by atoms with E-state index in [-0.39, 0.29) is 0 Å². The number of hydrogen-bond donors (Lipinski definition) is 2. The highest BCUT2D eigenvalue weighted by molar-refractivity contribution is 7.18. The average molecular weight is 252 g/mol. The average Bonchev–Trinajstić information content (AvgIpc) is 2.86. The van der Waals surface area contributed by atoms with Gasteiger partial charge >= 0.3 is 0 Å². The summed E-state index contributed by atoms with van der Waals surface area (Å²) in [6, 6.07) is 5.56. The summed E-state index contributed by atoms with van der Waals surface area (Å²) < 4.78 is 10.4. The summed E-state index contributed by atoms with van der Waals surface area (Å²) in [5, 5.41) is 9.21. The molecule has 2 rings (SSSR count). The van der Waals surface area contributed by atoms with Crippen molar-refractivity contribution in [3.8, 4) is 22.1 Å². The SMILES string of the molecule is COc1ccc(-c2nnc(NN)s2)cc1OC. The van der Waals surface area contributed by atoms with Crippen LogP contribution in [0.25, 0.3) is 10.6 Å². The fourth-order valence-electron chi connectivity index (χ4n) is 1.37. The van der Waals surface area contributed by atoms with Crippen LogP contribution in [0.5, 0.6) is 11.5 Å². The lowest BCUT2D eigenvalue weighted by Crippen LogP contribution is -2.05. The molecule has 2 aromatic rings. The third kappa shape index (κ3) is 2.29. The van der Waals surface area contributed by atoms with Crippen LogP contribution in [0, 0.1) is 0 Å². The lowest BCUT2D eigenvalue weighted by atomic mass is 10.2. The summed E-state index contributed by atoms with van der Waals surface area (Å²) >= 11 is 1.36. The molecular formula is C10H12N4O2S. The largest absolute Gasteiger partial charge is 0.493 e. The zero-order valence-corrected chi connectivity index (χ0v) is 10.2. The fourth-order valence-corrected chi connectivity index (χ4v) is 2.02. The molecule has 1 aromatic carbocycles. The Morgan fingerprint density at radius 1 is 1.18 bits per heavy atom. The van der Waals surface area contributed by atoms with E-state index in [4.69, 9.17) is 15.3 Å². The first-order valence-corrected chi connectivity index (χ1v) is 5.62. The number of benzene rings is 1. The van der Waals surface area contributed by atoms with E-state index in [1.165, 1.54) is 11.3 Å². The minimum Gasteiger partial charge on any atom is -0.493 e. The Kier molecular flexibility index (Phi) is 3.40. The van der Waals surface area contributed by atoms with Gasteiger partial charge in [0.05, 0.1) is 14.2 Å². The van der Waals surface area contributed by atoms with Gasteiger partial charge in [0.1, 0.15) is 5.01 Å². The highest BCUT2D eigenvalue weighted by Gasteiger charge is 2.10. The maximum absolute atomic E-state index is 5.26. The van der Waals surface area contributed by atoms with Crippen molar-refractivity contribution in [1.82, 2.24) is 10.2 Å². The van der Waals surface area contributed by atoms with Gasteiger partial charge < -0.3 is 9.47 Å². The Morgan fingerprint density at radius 3 is 2.53 bits per heavy atom. The summed E-state index contributed by atoms with van der Waals surface area (Å²) in [5.41, 5.74) is 3.36. The molecule has 0 saturated heterocycles. The molecule has 0 aliphatic carbocycles. The number of rotatable bonds is 4. The number of hydrazine groups is 1. The first kappa shape index (κ1) is 11.6. The number of methoxy groups -OCH3 is 2. The number of nitrogens with zero attached hydrogens (tertiary/aromatic N) is 2. The first-order valence-electron chi connectivity index (χ1n) is 4.81. The Labute approximate surface area is 102 Å². The Hall–Kier alpha value is -1.86. The second kappa shape index (κ2) is 4.98. The van der Waals surface area contributed by atoms with E-state index in [0.29, 0.717) is 16.6 Å². The van der Waals surface area contributed by atoms with Gasteiger partial charge in [-0.1, -0.05) is 11.3 Å². The third-order valence-electron chi connectivity index (χ3n) is 2.18. The van der Waals surface area contributed by atoms with Crippen LogP contribution in [0.2, 0.25) is 0 Å². The van der Waals surface area contributed by atoms with Crippen LogP contribution in [0.15, 0.2) is 18.2 Å². The van der Waals surface area contributed by atoms with Crippen molar-refractivity contribution in [1.29, 1.82) is 0 Å².